The molecule has 0 aliphatic carbocycles. The van der Waals surface area contributed by atoms with E-state index in [0.29, 0.717) is 36.3 Å². The molecule has 4 rings (SSSR count). The highest BCUT2D eigenvalue weighted by molar-refractivity contribution is 6.42. The standard InChI is InChI=1S/C26H28Cl2N4O2.ClH/c27-22-10-9-21(16-23(22)28)18-34-19-24(30-17-20-6-2-1-3-7-20)26(33)32-14-12-31(13-15-32)25-8-4-5-11-29-25;/h1-11,16,24,30H,12-15,17-19H2;1H. The number of nitrogens with zero attached hydrogens (tertiary/aromatic N) is 3. The van der Waals surface area contributed by atoms with E-state index < -0.39 is 6.04 Å². The zero-order chi connectivity index (χ0) is 23.8. The van der Waals surface area contributed by atoms with Gasteiger partial charge in [0.15, 0.2) is 0 Å². The summed E-state index contributed by atoms with van der Waals surface area (Å²) in [4.78, 5) is 22.0. The molecular formula is C26H29Cl3N4O2. The van der Waals surface area contributed by atoms with Crippen molar-refractivity contribution in [1.82, 2.24) is 15.2 Å². The minimum atomic E-state index is -0.454. The summed E-state index contributed by atoms with van der Waals surface area (Å²) >= 11 is 12.1. The first-order valence-electron chi connectivity index (χ1n) is 11.3. The second-order valence-electron chi connectivity index (χ2n) is 8.18. The Labute approximate surface area is 222 Å². The van der Waals surface area contributed by atoms with Gasteiger partial charge < -0.3 is 14.5 Å². The van der Waals surface area contributed by atoms with Gasteiger partial charge in [-0.3, -0.25) is 10.1 Å². The lowest BCUT2D eigenvalue weighted by Crippen LogP contribution is -2.55. The van der Waals surface area contributed by atoms with Crippen molar-refractivity contribution in [2.24, 2.45) is 0 Å². The minimum Gasteiger partial charge on any atom is -0.375 e. The summed E-state index contributed by atoms with van der Waals surface area (Å²) in [5, 5.41) is 4.39. The number of carbonyl (C=O) groups is 1. The molecule has 9 heteroatoms. The van der Waals surface area contributed by atoms with E-state index in [4.69, 9.17) is 27.9 Å². The molecule has 1 fully saturated rings. The number of piperazine rings is 1. The first-order valence-corrected chi connectivity index (χ1v) is 12.1. The summed E-state index contributed by atoms with van der Waals surface area (Å²) in [6.45, 7) is 3.98. The number of carbonyl (C=O) groups excluding carboxylic acids is 1. The molecule has 2 aromatic carbocycles. The number of pyridine rings is 1. The van der Waals surface area contributed by atoms with Crippen molar-refractivity contribution in [1.29, 1.82) is 0 Å². The topological polar surface area (TPSA) is 57.7 Å². The lowest BCUT2D eigenvalue weighted by atomic mass is 10.2. The van der Waals surface area contributed by atoms with Gasteiger partial charge in [-0.1, -0.05) is 65.7 Å². The normalized spacial score (nSPS) is 14.3. The average molecular weight is 536 g/mol. The van der Waals surface area contributed by atoms with Crippen LogP contribution in [0.1, 0.15) is 11.1 Å². The summed E-state index contributed by atoms with van der Waals surface area (Å²) < 4.78 is 5.94. The van der Waals surface area contributed by atoms with Crippen LogP contribution in [0.2, 0.25) is 10.0 Å². The summed E-state index contributed by atoms with van der Waals surface area (Å²) in [6.07, 6.45) is 1.79. The number of amides is 1. The molecule has 186 valence electrons. The van der Waals surface area contributed by atoms with Crippen molar-refractivity contribution in [3.8, 4) is 0 Å². The molecule has 1 N–H and O–H groups in total. The van der Waals surface area contributed by atoms with E-state index >= 15 is 0 Å². The molecule has 2 heterocycles. The van der Waals surface area contributed by atoms with E-state index in [1.165, 1.54) is 0 Å². The zero-order valence-corrected chi connectivity index (χ0v) is 21.6. The molecule has 3 aromatic rings. The van der Waals surface area contributed by atoms with Gasteiger partial charge in [-0.05, 0) is 35.4 Å². The lowest BCUT2D eigenvalue weighted by Gasteiger charge is -2.37. The maximum Gasteiger partial charge on any atom is 0.242 e. The third-order valence-electron chi connectivity index (χ3n) is 5.80. The van der Waals surface area contributed by atoms with Crippen LogP contribution in [0.3, 0.4) is 0 Å². The third kappa shape index (κ3) is 7.82. The molecule has 1 unspecified atom stereocenters. The molecule has 1 saturated heterocycles. The molecule has 0 saturated carbocycles. The van der Waals surface area contributed by atoms with E-state index in [1.54, 1.807) is 18.3 Å². The Bertz CT molecular complexity index is 1060. The largest absolute Gasteiger partial charge is 0.375 e. The number of benzene rings is 2. The molecule has 0 spiro atoms. The number of halogens is 3. The van der Waals surface area contributed by atoms with Gasteiger partial charge in [-0.25, -0.2) is 4.98 Å². The second kappa shape index (κ2) is 13.7. The number of ether oxygens (including phenoxy) is 1. The first-order chi connectivity index (χ1) is 16.6. The quantitative estimate of drug-likeness (QED) is 0.425. The number of hydrogen-bond acceptors (Lipinski definition) is 5. The van der Waals surface area contributed by atoms with Crippen LogP contribution in [0.4, 0.5) is 5.82 Å². The zero-order valence-electron chi connectivity index (χ0n) is 19.3. The highest BCUT2D eigenvalue weighted by Crippen LogP contribution is 2.23. The highest BCUT2D eigenvalue weighted by Gasteiger charge is 2.28. The van der Waals surface area contributed by atoms with Gasteiger partial charge in [0.2, 0.25) is 5.91 Å². The van der Waals surface area contributed by atoms with E-state index in [0.717, 1.165) is 30.0 Å². The van der Waals surface area contributed by atoms with Crippen LogP contribution >= 0.6 is 35.6 Å². The lowest BCUT2D eigenvalue weighted by molar-refractivity contribution is -0.135. The molecule has 1 aliphatic rings. The smallest absolute Gasteiger partial charge is 0.242 e. The predicted octanol–water partition coefficient (Wildman–Crippen LogP) is 4.83. The Morgan fingerprint density at radius 2 is 1.69 bits per heavy atom. The summed E-state index contributed by atoms with van der Waals surface area (Å²) in [7, 11) is 0. The van der Waals surface area contributed by atoms with Gasteiger partial charge in [-0.15, -0.1) is 12.4 Å². The molecule has 1 atom stereocenters. The maximum atomic E-state index is 13.4. The van der Waals surface area contributed by atoms with Crippen molar-refractivity contribution in [3.63, 3.8) is 0 Å². The first kappa shape index (κ1) is 27.2. The second-order valence-corrected chi connectivity index (χ2v) is 9.00. The van der Waals surface area contributed by atoms with Gasteiger partial charge in [0, 0.05) is 38.9 Å². The van der Waals surface area contributed by atoms with Crippen LogP contribution in [0, 0.1) is 0 Å². The Hall–Kier alpha value is -2.35. The number of rotatable bonds is 9. The monoisotopic (exact) mass is 534 g/mol. The molecular weight excluding hydrogens is 507 g/mol. The summed E-state index contributed by atoms with van der Waals surface area (Å²) in [5.41, 5.74) is 2.03. The SMILES string of the molecule is Cl.O=C(C(COCc1ccc(Cl)c(Cl)c1)NCc1ccccc1)N1CCN(c2ccccn2)CC1. The molecule has 6 nitrogen and oxygen atoms in total. The highest BCUT2D eigenvalue weighted by atomic mass is 35.5. The van der Waals surface area contributed by atoms with Gasteiger partial charge in [-0.2, -0.15) is 0 Å². The average Bonchev–Trinajstić information content (AvgIpc) is 2.89. The molecule has 0 bridgehead atoms. The van der Waals surface area contributed by atoms with Gasteiger partial charge in [0.1, 0.15) is 11.9 Å². The van der Waals surface area contributed by atoms with Crippen LogP contribution in [-0.4, -0.2) is 54.6 Å². The summed E-state index contributed by atoms with van der Waals surface area (Å²) in [5.74, 6) is 0.990. The van der Waals surface area contributed by atoms with Crippen molar-refractivity contribution < 1.29 is 9.53 Å². The number of nitrogens with one attached hydrogen (secondary N) is 1. The fraction of sp³-hybridized carbons (Fsp3) is 0.308. The van der Waals surface area contributed by atoms with Gasteiger partial charge >= 0.3 is 0 Å². The number of anilines is 1. The molecule has 0 radical (unpaired) electrons. The Balaban J connectivity index is 0.00000342. The fourth-order valence-corrected chi connectivity index (χ4v) is 4.22. The van der Waals surface area contributed by atoms with Crippen LogP contribution < -0.4 is 10.2 Å². The maximum absolute atomic E-state index is 13.4. The Morgan fingerprint density at radius 3 is 2.37 bits per heavy atom. The van der Waals surface area contributed by atoms with Crippen LogP contribution in [0.25, 0.3) is 0 Å². The summed E-state index contributed by atoms with van der Waals surface area (Å²) in [6, 6.07) is 20.9. The van der Waals surface area contributed by atoms with Gasteiger partial charge in [0.05, 0.1) is 23.3 Å². The van der Waals surface area contributed by atoms with E-state index in [-0.39, 0.29) is 24.9 Å². The van der Waals surface area contributed by atoms with Gasteiger partial charge in [0.25, 0.3) is 0 Å². The fourth-order valence-electron chi connectivity index (χ4n) is 3.90. The minimum absolute atomic E-state index is 0. The number of aromatic nitrogens is 1. The van der Waals surface area contributed by atoms with Crippen molar-refractivity contribution in [2.45, 2.75) is 19.2 Å². The van der Waals surface area contributed by atoms with E-state index in [9.17, 15) is 4.79 Å². The van der Waals surface area contributed by atoms with Crippen LogP contribution in [-0.2, 0) is 22.7 Å². The van der Waals surface area contributed by atoms with Crippen molar-refractivity contribution >= 4 is 47.3 Å². The molecule has 1 aliphatic heterocycles. The molecule has 1 aromatic heterocycles. The Morgan fingerprint density at radius 1 is 0.943 bits per heavy atom. The molecule has 35 heavy (non-hydrogen) atoms. The van der Waals surface area contributed by atoms with Crippen molar-refractivity contribution in [3.05, 3.63) is 94.1 Å². The predicted molar refractivity (Wildman–Crippen MR) is 143 cm³/mol. The third-order valence-corrected chi connectivity index (χ3v) is 6.53. The van der Waals surface area contributed by atoms with E-state index in [2.05, 4.69) is 15.2 Å². The van der Waals surface area contributed by atoms with Crippen molar-refractivity contribution in [2.75, 3.05) is 37.7 Å². The van der Waals surface area contributed by atoms with Crippen LogP contribution in [0.15, 0.2) is 72.9 Å². The van der Waals surface area contributed by atoms with Crippen LogP contribution in [0.5, 0.6) is 0 Å². The number of hydrogen-bond donors (Lipinski definition) is 1. The molecule has 1 amide bonds. The van der Waals surface area contributed by atoms with E-state index in [1.807, 2.05) is 59.5 Å². The Kier molecular flexibility index (Phi) is 10.6.